The number of aromatic nitrogens is 2. The van der Waals surface area contributed by atoms with E-state index in [0.29, 0.717) is 24.3 Å². The zero-order valence-corrected chi connectivity index (χ0v) is 25.2. The number of benzene rings is 2. The summed E-state index contributed by atoms with van der Waals surface area (Å²) >= 11 is 0. The Bertz CT molecular complexity index is 1260. The Morgan fingerprint density at radius 2 is 1.77 bits per heavy atom. The second-order valence-electron chi connectivity index (χ2n) is 10.1. The topological polar surface area (TPSA) is 119 Å². The third kappa shape index (κ3) is 8.98. The molecular formula is C29H35FN3NaO5. The molecule has 0 aliphatic rings. The summed E-state index contributed by atoms with van der Waals surface area (Å²) in [6.45, 7) is 6.29. The van der Waals surface area contributed by atoms with Crippen molar-refractivity contribution in [2.24, 2.45) is 0 Å². The largest absolute Gasteiger partial charge is 1.00 e. The maximum absolute atomic E-state index is 13.7. The fourth-order valence-corrected chi connectivity index (χ4v) is 4.61. The molecule has 0 aliphatic heterocycles. The van der Waals surface area contributed by atoms with Gasteiger partial charge in [-0.3, -0.25) is 4.79 Å². The van der Waals surface area contributed by atoms with Gasteiger partial charge >= 0.3 is 29.6 Å². The molecule has 1 heterocycles. The number of halogens is 1. The van der Waals surface area contributed by atoms with Crippen LogP contribution in [0.1, 0.15) is 71.9 Å². The SMILES string of the molecule is Cc1cccc(CN(C)C(=O)c2nn(-c3ccc(F)cc3)c(CC[C@@H](O)C[C@@H](O)CC(=O)[O-])c2C(C)C)c1.[Na+]. The number of rotatable bonds is 12. The van der Waals surface area contributed by atoms with E-state index in [2.05, 4.69) is 5.10 Å². The van der Waals surface area contributed by atoms with E-state index in [1.807, 2.05) is 45.0 Å². The van der Waals surface area contributed by atoms with E-state index in [4.69, 9.17) is 0 Å². The van der Waals surface area contributed by atoms with Crippen molar-refractivity contribution in [3.05, 3.63) is 82.4 Å². The predicted molar refractivity (Wildman–Crippen MR) is 139 cm³/mol. The molecule has 0 fully saturated rings. The van der Waals surface area contributed by atoms with Gasteiger partial charge in [-0.15, -0.1) is 0 Å². The maximum Gasteiger partial charge on any atom is 1.00 e. The summed E-state index contributed by atoms with van der Waals surface area (Å²) in [5.74, 6) is -2.15. The molecule has 1 aromatic heterocycles. The van der Waals surface area contributed by atoms with Crippen molar-refractivity contribution in [2.45, 2.75) is 71.1 Å². The van der Waals surface area contributed by atoms with Crippen LogP contribution in [-0.2, 0) is 17.8 Å². The molecule has 2 atom stereocenters. The zero-order valence-electron chi connectivity index (χ0n) is 23.2. The van der Waals surface area contributed by atoms with Gasteiger partial charge in [-0.2, -0.15) is 5.10 Å². The Morgan fingerprint density at radius 3 is 2.36 bits per heavy atom. The molecule has 0 saturated heterocycles. The van der Waals surface area contributed by atoms with Crippen LogP contribution in [0, 0.1) is 12.7 Å². The summed E-state index contributed by atoms with van der Waals surface area (Å²) in [6, 6.07) is 13.7. The van der Waals surface area contributed by atoms with Crippen LogP contribution in [0.5, 0.6) is 0 Å². The monoisotopic (exact) mass is 547 g/mol. The molecule has 0 bridgehead atoms. The normalized spacial score (nSPS) is 12.6. The van der Waals surface area contributed by atoms with Crippen LogP contribution in [-0.4, -0.2) is 56.0 Å². The minimum absolute atomic E-state index is 0. The van der Waals surface area contributed by atoms with Crippen molar-refractivity contribution in [3.8, 4) is 5.69 Å². The second kappa shape index (κ2) is 14.7. The number of carbonyl (C=O) groups is 2. The van der Waals surface area contributed by atoms with Gasteiger partial charge in [-0.05, 0) is 61.9 Å². The number of carboxylic acid groups (broad SMARTS) is 1. The minimum atomic E-state index is -1.39. The molecule has 0 spiro atoms. The summed E-state index contributed by atoms with van der Waals surface area (Å²) in [7, 11) is 1.72. The van der Waals surface area contributed by atoms with Crippen LogP contribution >= 0.6 is 0 Å². The van der Waals surface area contributed by atoms with E-state index in [1.165, 1.54) is 12.1 Å². The van der Waals surface area contributed by atoms with Crippen molar-refractivity contribution >= 4 is 11.9 Å². The Balaban J connectivity index is 0.00000533. The van der Waals surface area contributed by atoms with Gasteiger partial charge in [0.15, 0.2) is 5.69 Å². The molecule has 3 rings (SSSR count). The third-order valence-corrected chi connectivity index (χ3v) is 6.38. The molecule has 0 unspecified atom stereocenters. The van der Waals surface area contributed by atoms with E-state index < -0.39 is 30.4 Å². The average Bonchev–Trinajstić information content (AvgIpc) is 3.22. The number of carbonyl (C=O) groups excluding carboxylic acids is 2. The van der Waals surface area contributed by atoms with Gasteiger partial charge in [0.25, 0.3) is 5.91 Å². The molecule has 3 aromatic rings. The van der Waals surface area contributed by atoms with Gasteiger partial charge in [-0.1, -0.05) is 43.7 Å². The quantitative estimate of drug-likeness (QED) is 0.306. The van der Waals surface area contributed by atoms with Gasteiger partial charge in [-0.25, -0.2) is 9.07 Å². The summed E-state index contributed by atoms with van der Waals surface area (Å²) in [6.07, 6.45) is -2.40. The fraction of sp³-hybridized carbons (Fsp3) is 0.414. The molecule has 1 amide bonds. The van der Waals surface area contributed by atoms with Crippen molar-refractivity contribution in [1.82, 2.24) is 14.7 Å². The van der Waals surface area contributed by atoms with Gasteiger partial charge < -0.3 is 25.0 Å². The van der Waals surface area contributed by atoms with Crippen LogP contribution in [0.3, 0.4) is 0 Å². The predicted octanol–water partition coefficient (Wildman–Crippen LogP) is -0.0961. The Morgan fingerprint density at radius 1 is 1.10 bits per heavy atom. The second-order valence-corrected chi connectivity index (χ2v) is 10.1. The van der Waals surface area contributed by atoms with Crippen LogP contribution in [0.4, 0.5) is 4.39 Å². The first-order chi connectivity index (χ1) is 18.0. The van der Waals surface area contributed by atoms with E-state index in [0.717, 1.165) is 16.7 Å². The average molecular weight is 548 g/mol. The molecule has 10 heteroatoms. The summed E-state index contributed by atoms with van der Waals surface area (Å²) < 4.78 is 15.3. The van der Waals surface area contributed by atoms with E-state index >= 15 is 0 Å². The first kappa shape index (κ1) is 32.7. The standard InChI is InChI=1S/C29H36FN3O5.Na/c1-18(2)27-25(13-12-23(34)15-24(35)16-26(36)37)33(22-10-8-21(30)9-11-22)31-28(27)29(38)32(4)17-20-7-5-6-19(3)14-20;/h5-11,14,18,23-24,34-35H,12-13,15-17H2,1-4H3,(H,36,37);/q;+1/p-1/t23-,24-;/m1./s1. The number of amides is 1. The third-order valence-electron chi connectivity index (χ3n) is 6.38. The smallest absolute Gasteiger partial charge is 0.550 e. The molecule has 0 saturated carbocycles. The van der Waals surface area contributed by atoms with E-state index in [-0.39, 0.29) is 59.9 Å². The molecule has 2 N–H and O–H groups in total. The molecule has 0 radical (unpaired) electrons. The van der Waals surface area contributed by atoms with E-state index in [9.17, 15) is 29.3 Å². The summed E-state index contributed by atoms with van der Waals surface area (Å²) in [4.78, 5) is 26.0. The van der Waals surface area contributed by atoms with Crippen molar-refractivity contribution < 1.29 is 58.9 Å². The number of aliphatic hydroxyl groups is 2. The van der Waals surface area contributed by atoms with Gasteiger partial charge in [0.1, 0.15) is 5.82 Å². The van der Waals surface area contributed by atoms with E-state index in [1.54, 1.807) is 28.8 Å². The van der Waals surface area contributed by atoms with Crippen LogP contribution in [0.25, 0.3) is 5.69 Å². The number of aryl methyl sites for hydroxylation is 1. The van der Waals surface area contributed by atoms with Crippen LogP contribution in [0.2, 0.25) is 0 Å². The number of carboxylic acids is 1. The number of aliphatic hydroxyl groups excluding tert-OH is 2. The molecule has 0 aliphatic carbocycles. The molecular weight excluding hydrogens is 512 g/mol. The minimum Gasteiger partial charge on any atom is -0.550 e. The van der Waals surface area contributed by atoms with Crippen LogP contribution < -0.4 is 34.7 Å². The molecule has 8 nitrogen and oxygen atoms in total. The Hall–Kier alpha value is -2.56. The number of nitrogens with zero attached hydrogens (tertiary/aromatic N) is 3. The van der Waals surface area contributed by atoms with Crippen LogP contribution in [0.15, 0.2) is 48.5 Å². The number of hydrogen-bond donors (Lipinski definition) is 2. The van der Waals surface area contributed by atoms with Crippen molar-refractivity contribution in [2.75, 3.05) is 7.05 Å². The summed E-state index contributed by atoms with van der Waals surface area (Å²) in [5, 5.41) is 35.8. The van der Waals surface area contributed by atoms with Crippen molar-refractivity contribution in [3.63, 3.8) is 0 Å². The van der Waals surface area contributed by atoms with Gasteiger partial charge in [0.2, 0.25) is 0 Å². The first-order valence-corrected chi connectivity index (χ1v) is 12.7. The van der Waals surface area contributed by atoms with Gasteiger partial charge in [0, 0.05) is 37.2 Å². The van der Waals surface area contributed by atoms with Crippen molar-refractivity contribution in [1.29, 1.82) is 0 Å². The Kier molecular flexibility index (Phi) is 12.3. The first-order valence-electron chi connectivity index (χ1n) is 12.7. The maximum atomic E-state index is 13.7. The molecule has 204 valence electrons. The fourth-order valence-electron chi connectivity index (χ4n) is 4.61. The Labute approximate surface area is 250 Å². The zero-order chi connectivity index (χ0) is 28.0. The molecule has 39 heavy (non-hydrogen) atoms. The summed E-state index contributed by atoms with van der Waals surface area (Å²) in [5.41, 5.74) is 4.34. The number of aliphatic carboxylic acids is 1. The molecule has 2 aromatic carbocycles. The van der Waals surface area contributed by atoms with Gasteiger partial charge in [0.05, 0.1) is 17.9 Å². The number of hydrogen-bond acceptors (Lipinski definition) is 6.